The van der Waals surface area contributed by atoms with Gasteiger partial charge in [0.1, 0.15) is 5.75 Å². The topological polar surface area (TPSA) is 90.7 Å². The summed E-state index contributed by atoms with van der Waals surface area (Å²) >= 11 is 0. The van der Waals surface area contributed by atoms with Crippen LogP contribution in [0.4, 0.5) is 0 Å². The van der Waals surface area contributed by atoms with E-state index in [1.165, 1.54) is 13.2 Å². The minimum absolute atomic E-state index is 0.172. The van der Waals surface area contributed by atoms with E-state index in [0.29, 0.717) is 48.9 Å². The van der Waals surface area contributed by atoms with E-state index in [1.54, 1.807) is 21.7 Å². The number of carbonyl (C=O) groups is 1. The molecule has 1 amide bonds. The first-order valence-corrected chi connectivity index (χ1v) is 11.6. The van der Waals surface area contributed by atoms with Crippen molar-refractivity contribution in [2.45, 2.75) is 10.6 Å². The maximum Gasteiger partial charge on any atom is 0.274 e. The number of para-hydroxylation sites is 1. The fraction of sp³-hybridized carbons (Fsp3) is 0.273. The van der Waals surface area contributed by atoms with E-state index in [1.807, 2.05) is 30.3 Å². The Bertz CT molecular complexity index is 1260. The average Bonchev–Trinajstić information content (AvgIpc) is 3.18. The van der Waals surface area contributed by atoms with Crippen molar-refractivity contribution in [1.82, 2.24) is 14.7 Å². The Labute approximate surface area is 179 Å². The number of aromatic nitrogens is 2. The maximum absolute atomic E-state index is 13.3. The molecule has 3 aromatic rings. The van der Waals surface area contributed by atoms with Gasteiger partial charge in [0, 0.05) is 24.2 Å². The standard InChI is InChI=1S/C22H21N3O5S/c1-29-16-7-8-17-19(13-16)31(27,28)14-18-20(22(26)24-9-11-30-12-10-24)23-25(21(17)18)15-5-3-2-4-6-15/h2-8,13H,9-12,14H2,1H3. The second kappa shape index (κ2) is 7.51. The van der Waals surface area contributed by atoms with Gasteiger partial charge in [0.2, 0.25) is 0 Å². The van der Waals surface area contributed by atoms with Crippen LogP contribution in [0.25, 0.3) is 16.9 Å². The molecule has 5 rings (SSSR count). The van der Waals surface area contributed by atoms with Crippen LogP contribution in [0, 0.1) is 0 Å². The molecule has 2 aliphatic heterocycles. The van der Waals surface area contributed by atoms with Gasteiger partial charge in [-0.25, -0.2) is 13.1 Å². The highest BCUT2D eigenvalue weighted by Gasteiger charge is 2.37. The number of amides is 1. The highest BCUT2D eigenvalue weighted by Crippen LogP contribution is 2.42. The highest BCUT2D eigenvalue weighted by molar-refractivity contribution is 7.90. The summed E-state index contributed by atoms with van der Waals surface area (Å²) in [7, 11) is -2.18. The molecule has 0 bridgehead atoms. The van der Waals surface area contributed by atoms with Gasteiger partial charge in [-0.15, -0.1) is 0 Å². The van der Waals surface area contributed by atoms with E-state index >= 15 is 0 Å². The van der Waals surface area contributed by atoms with Crippen molar-refractivity contribution in [3.05, 3.63) is 59.8 Å². The Balaban J connectivity index is 1.75. The predicted octanol–water partition coefficient (Wildman–Crippen LogP) is 2.31. The van der Waals surface area contributed by atoms with Gasteiger partial charge in [0.05, 0.1) is 42.4 Å². The summed E-state index contributed by atoms with van der Waals surface area (Å²) in [6.07, 6.45) is 0. The van der Waals surface area contributed by atoms with Crippen LogP contribution in [0.5, 0.6) is 5.75 Å². The van der Waals surface area contributed by atoms with Gasteiger partial charge in [-0.1, -0.05) is 18.2 Å². The average molecular weight is 439 g/mol. The molecule has 0 N–H and O–H groups in total. The fourth-order valence-electron chi connectivity index (χ4n) is 4.06. The summed E-state index contributed by atoms with van der Waals surface area (Å²) in [6, 6.07) is 14.4. The summed E-state index contributed by atoms with van der Waals surface area (Å²) in [5.74, 6) is -0.108. The summed E-state index contributed by atoms with van der Waals surface area (Å²) in [4.78, 5) is 15.2. The van der Waals surface area contributed by atoms with Crippen LogP contribution in [0.2, 0.25) is 0 Å². The van der Waals surface area contributed by atoms with Crippen LogP contribution in [0.3, 0.4) is 0 Å². The second-order valence-corrected chi connectivity index (χ2v) is 9.41. The predicted molar refractivity (Wildman–Crippen MR) is 113 cm³/mol. The first-order valence-electron chi connectivity index (χ1n) is 9.95. The number of nitrogens with zero attached hydrogens (tertiary/aromatic N) is 3. The van der Waals surface area contributed by atoms with Crippen molar-refractivity contribution in [3.63, 3.8) is 0 Å². The van der Waals surface area contributed by atoms with Gasteiger partial charge in [0.25, 0.3) is 5.91 Å². The quantitative estimate of drug-likeness (QED) is 0.622. The van der Waals surface area contributed by atoms with Gasteiger partial charge in [-0.2, -0.15) is 5.10 Å². The maximum atomic E-state index is 13.3. The monoisotopic (exact) mass is 439 g/mol. The second-order valence-electron chi connectivity index (χ2n) is 7.45. The molecule has 0 aliphatic carbocycles. The van der Waals surface area contributed by atoms with Crippen LogP contribution < -0.4 is 4.74 Å². The molecule has 1 fully saturated rings. The SMILES string of the molecule is COc1ccc2c(c1)S(=O)(=O)Cc1c(C(=O)N3CCOCC3)nn(-c3ccccc3)c1-2. The van der Waals surface area contributed by atoms with Gasteiger partial charge in [0.15, 0.2) is 15.5 Å². The molecule has 1 aromatic heterocycles. The third-order valence-corrected chi connectivity index (χ3v) is 7.28. The summed E-state index contributed by atoms with van der Waals surface area (Å²) in [5.41, 5.74) is 2.49. The van der Waals surface area contributed by atoms with Crippen molar-refractivity contribution in [1.29, 1.82) is 0 Å². The van der Waals surface area contributed by atoms with Crippen LogP contribution in [0.15, 0.2) is 53.4 Å². The van der Waals surface area contributed by atoms with Crippen molar-refractivity contribution in [3.8, 4) is 22.7 Å². The van der Waals surface area contributed by atoms with E-state index in [4.69, 9.17) is 9.47 Å². The summed E-state index contributed by atoms with van der Waals surface area (Å²) in [6.45, 7) is 1.81. The van der Waals surface area contributed by atoms with Gasteiger partial charge < -0.3 is 14.4 Å². The molecule has 0 unspecified atom stereocenters. The molecule has 0 atom stereocenters. The molecular weight excluding hydrogens is 418 g/mol. The zero-order valence-electron chi connectivity index (χ0n) is 16.9. The Kier molecular flexibility index (Phi) is 4.79. The summed E-state index contributed by atoms with van der Waals surface area (Å²) in [5, 5.41) is 4.63. The number of rotatable bonds is 3. The molecule has 160 valence electrons. The molecule has 3 heterocycles. The lowest BCUT2D eigenvalue weighted by atomic mass is 10.0. The Morgan fingerprint density at radius 3 is 2.55 bits per heavy atom. The first kappa shape index (κ1) is 19.8. The molecule has 9 heteroatoms. The number of carbonyl (C=O) groups excluding carboxylic acids is 1. The Hall–Kier alpha value is -3.17. The van der Waals surface area contributed by atoms with E-state index in [0.717, 1.165) is 5.69 Å². The van der Waals surface area contributed by atoms with Gasteiger partial charge in [-0.3, -0.25) is 4.79 Å². The number of fused-ring (bicyclic) bond motifs is 3. The molecule has 1 saturated heterocycles. The number of ether oxygens (including phenoxy) is 2. The zero-order valence-corrected chi connectivity index (χ0v) is 17.8. The van der Waals surface area contributed by atoms with E-state index < -0.39 is 9.84 Å². The van der Waals surface area contributed by atoms with Crippen molar-refractivity contribution < 1.29 is 22.7 Å². The van der Waals surface area contributed by atoms with Crippen LogP contribution >= 0.6 is 0 Å². The Morgan fingerprint density at radius 2 is 1.84 bits per heavy atom. The molecule has 2 aromatic carbocycles. The van der Waals surface area contributed by atoms with E-state index in [2.05, 4.69) is 5.10 Å². The normalized spacial score (nSPS) is 17.0. The van der Waals surface area contributed by atoms with Crippen LogP contribution in [-0.4, -0.2) is 62.4 Å². The highest BCUT2D eigenvalue weighted by atomic mass is 32.2. The number of hydrogen-bond donors (Lipinski definition) is 0. The molecule has 8 nitrogen and oxygen atoms in total. The van der Waals surface area contributed by atoms with E-state index in [9.17, 15) is 13.2 Å². The van der Waals surface area contributed by atoms with Gasteiger partial charge in [-0.05, 0) is 30.3 Å². The lowest BCUT2D eigenvalue weighted by Crippen LogP contribution is -2.41. The number of sulfone groups is 1. The van der Waals surface area contributed by atoms with E-state index in [-0.39, 0.29) is 22.2 Å². The van der Waals surface area contributed by atoms with Crippen molar-refractivity contribution in [2.24, 2.45) is 0 Å². The first-order chi connectivity index (χ1) is 15.0. The molecular formula is C22H21N3O5S. The minimum atomic E-state index is -3.67. The summed E-state index contributed by atoms with van der Waals surface area (Å²) < 4.78 is 38.6. The molecule has 0 saturated carbocycles. The number of hydrogen-bond acceptors (Lipinski definition) is 6. The molecule has 0 spiro atoms. The third kappa shape index (κ3) is 3.30. The number of benzene rings is 2. The number of methoxy groups -OCH3 is 1. The van der Waals surface area contributed by atoms with Crippen LogP contribution in [-0.2, 0) is 20.3 Å². The Morgan fingerprint density at radius 1 is 1.10 bits per heavy atom. The number of morpholine rings is 1. The van der Waals surface area contributed by atoms with Crippen molar-refractivity contribution >= 4 is 15.7 Å². The van der Waals surface area contributed by atoms with Crippen LogP contribution in [0.1, 0.15) is 16.1 Å². The molecule has 0 radical (unpaired) electrons. The minimum Gasteiger partial charge on any atom is -0.497 e. The fourth-order valence-corrected chi connectivity index (χ4v) is 5.66. The van der Waals surface area contributed by atoms with Gasteiger partial charge >= 0.3 is 0 Å². The molecule has 31 heavy (non-hydrogen) atoms. The molecule has 2 aliphatic rings. The lowest BCUT2D eigenvalue weighted by Gasteiger charge is -2.26. The third-order valence-electron chi connectivity index (χ3n) is 5.60. The smallest absolute Gasteiger partial charge is 0.274 e. The largest absolute Gasteiger partial charge is 0.497 e. The zero-order chi connectivity index (χ0) is 21.6. The van der Waals surface area contributed by atoms with Crippen molar-refractivity contribution in [2.75, 3.05) is 33.4 Å². The lowest BCUT2D eigenvalue weighted by molar-refractivity contribution is 0.0298.